The average molecular weight is 392 g/mol. The molecule has 2 aliphatic rings. The number of thioether (sulfide) groups is 1. The zero-order valence-corrected chi connectivity index (χ0v) is 17.7. The number of guanidine groups is 1. The lowest BCUT2D eigenvalue weighted by Gasteiger charge is -2.40. The number of hydrogen-bond donors (Lipinski definition) is 1. The first-order chi connectivity index (χ1) is 13.2. The first kappa shape index (κ1) is 20.3. The number of nitrogens with zero attached hydrogens (tertiary/aromatic N) is 2. The van der Waals surface area contributed by atoms with Gasteiger partial charge in [-0.05, 0) is 37.0 Å². The van der Waals surface area contributed by atoms with Gasteiger partial charge >= 0.3 is 0 Å². The fourth-order valence-electron chi connectivity index (χ4n) is 4.01. The van der Waals surface area contributed by atoms with Gasteiger partial charge in [-0.1, -0.05) is 19.1 Å². The van der Waals surface area contributed by atoms with Crippen molar-refractivity contribution in [1.29, 1.82) is 0 Å². The van der Waals surface area contributed by atoms with E-state index in [1.165, 1.54) is 17.7 Å². The average Bonchev–Trinajstić information content (AvgIpc) is 2.75. The monoisotopic (exact) mass is 391 g/mol. The largest absolute Gasteiger partial charge is 0.497 e. The molecule has 0 spiro atoms. The van der Waals surface area contributed by atoms with E-state index in [-0.39, 0.29) is 5.41 Å². The van der Waals surface area contributed by atoms with Crippen LogP contribution in [0.25, 0.3) is 0 Å². The highest BCUT2D eigenvalue weighted by molar-refractivity contribution is 8.00. The molecule has 150 valence electrons. The predicted octanol–water partition coefficient (Wildman–Crippen LogP) is 3.15. The molecule has 2 heterocycles. The molecule has 1 aromatic carbocycles. The van der Waals surface area contributed by atoms with E-state index in [4.69, 9.17) is 9.47 Å². The van der Waals surface area contributed by atoms with Crippen LogP contribution < -0.4 is 10.1 Å². The van der Waals surface area contributed by atoms with Crippen molar-refractivity contribution in [2.24, 2.45) is 4.99 Å². The summed E-state index contributed by atoms with van der Waals surface area (Å²) in [5.41, 5.74) is 1.44. The Morgan fingerprint density at radius 1 is 1.33 bits per heavy atom. The van der Waals surface area contributed by atoms with E-state index in [2.05, 4.69) is 58.2 Å². The second-order valence-corrected chi connectivity index (χ2v) is 8.78. The summed E-state index contributed by atoms with van der Waals surface area (Å²) in [5, 5.41) is 4.41. The van der Waals surface area contributed by atoms with Crippen molar-refractivity contribution >= 4 is 17.7 Å². The molecule has 0 bridgehead atoms. The van der Waals surface area contributed by atoms with Crippen LogP contribution in [-0.2, 0) is 10.2 Å². The predicted molar refractivity (Wildman–Crippen MR) is 114 cm³/mol. The number of methoxy groups -OCH3 is 1. The Bertz CT molecular complexity index is 614. The van der Waals surface area contributed by atoms with Gasteiger partial charge in [0.05, 0.1) is 7.11 Å². The molecule has 6 heteroatoms. The summed E-state index contributed by atoms with van der Waals surface area (Å²) in [5.74, 6) is 3.12. The maximum absolute atomic E-state index is 5.67. The summed E-state index contributed by atoms with van der Waals surface area (Å²) in [4.78, 5) is 7.01. The normalized spacial score (nSPS) is 23.1. The summed E-state index contributed by atoms with van der Waals surface area (Å²) in [6.45, 7) is 6.93. The molecule has 2 fully saturated rings. The molecule has 1 atom stereocenters. The van der Waals surface area contributed by atoms with Crippen molar-refractivity contribution in [3.8, 4) is 5.75 Å². The second kappa shape index (κ2) is 9.69. The molecule has 0 aromatic heterocycles. The summed E-state index contributed by atoms with van der Waals surface area (Å²) in [7, 11) is 3.61. The number of hydrogen-bond acceptors (Lipinski definition) is 4. The van der Waals surface area contributed by atoms with Crippen molar-refractivity contribution < 1.29 is 9.47 Å². The van der Waals surface area contributed by atoms with Crippen molar-refractivity contribution in [2.45, 2.75) is 36.9 Å². The van der Waals surface area contributed by atoms with Crippen molar-refractivity contribution in [3.63, 3.8) is 0 Å². The fraction of sp³-hybridized carbons (Fsp3) is 0.667. The quantitative estimate of drug-likeness (QED) is 0.617. The lowest BCUT2D eigenvalue weighted by molar-refractivity contribution is 0.0511. The second-order valence-electron chi connectivity index (χ2n) is 7.37. The first-order valence-corrected chi connectivity index (χ1v) is 11.0. The highest BCUT2D eigenvalue weighted by atomic mass is 32.2. The summed E-state index contributed by atoms with van der Waals surface area (Å²) < 4.78 is 11.0. The molecule has 0 radical (unpaired) electrons. The van der Waals surface area contributed by atoms with Crippen LogP contribution in [0.5, 0.6) is 5.75 Å². The summed E-state index contributed by atoms with van der Waals surface area (Å²) in [6.07, 6.45) is 3.26. The van der Waals surface area contributed by atoms with E-state index in [0.29, 0.717) is 5.25 Å². The van der Waals surface area contributed by atoms with E-state index in [1.807, 2.05) is 7.05 Å². The molecular weight excluding hydrogens is 358 g/mol. The molecule has 0 aliphatic carbocycles. The first-order valence-electron chi connectivity index (χ1n) is 10.0. The number of rotatable bonds is 5. The molecule has 2 saturated heterocycles. The smallest absolute Gasteiger partial charge is 0.193 e. The molecule has 2 aliphatic heterocycles. The Labute approximate surface area is 167 Å². The minimum Gasteiger partial charge on any atom is -0.497 e. The van der Waals surface area contributed by atoms with Crippen LogP contribution in [0.4, 0.5) is 0 Å². The minimum absolute atomic E-state index is 0.0785. The van der Waals surface area contributed by atoms with Crippen LogP contribution in [-0.4, -0.2) is 68.9 Å². The van der Waals surface area contributed by atoms with Crippen LogP contribution in [0.15, 0.2) is 29.3 Å². The topological polar surface area (TPSA) is 46.1 Å². The highest BCUT2D eigenvalue weighted by Gasteiger charge is 2.35. The standard InChI is InChI=1S/C21H33N3O2S/c1-4-19-15-24(11-14-27-19)20(22-2)23-16-21(9-12-26-13-10-21)17-5-7-18(25-3)8-6-17/h5-8,19H,4,9-16H2,1-3H3,(H,22,23). The molecule has 0 saturated carbocycles. The molecule has 1 N–H and O–H groups in total. The van der Waals surface area contributed by atoms with Gasteiger partial charge in [0.2, 0.25) is 0 Å². The molecule has 1 aromatic rings. The zero-order valence-electron chi connectivity index (χ0n) is 16.9. The van der Waals surface area contributed by atoms with Gasteiger partial charge in [-0.15, -0.1) is 0 Å². The number of benzene rings is 1. The third-order valence-electron chi connectivity index (χ3n) is 5.84. The van der Waals surface area contributed by atoms with Gasteiger partial charge in [-0.25, -0.2) is 0 Å². The SMILES string of the molecule is CCC1CN(C(=NC)NCC2(c3ccc(OC)cc3)CCOCC2)CCS1. The number of aliphatic imine (C=N–C) groups is 1. The van der Waals surface area contributed by atoms with E-state index in [1.54, 1.807) is 7.11 Å². The number of ether oxygens (including phenoxy) is 2. The van der Waals surface area contributed by atoms with Gasteiger partial charge < -0.3 is 19.7 Å². The molecule has 1 unspecified atom stereocenters. The van der Waals surface area contributed by atoms with E-state index in [9.17, 15) is 0 Å². The van der Waals surface area contributed by atoms with Crippen molar-refractivity contribution in [2.75, 3.05) is 52.8 Å². The fourth-order valence-corrected chi connectivity index (χ4v) is 5.19. The van der Waals surface area contributed by atoms with Crippen LogP contribution in [0, 0.1) is 0 Å². The Balaban J connectivity index is 1.72. The lowest BCUT2D eigenvalue weighted by Crippen LogP contribution is -2.52. The van der Waals surface area contributed by atoms with Gasteiger partial charge in [-0.2, -0.15) is 11.8 Å². The van der Waals surface area contributed by atoms with Crippen molar-refractivity contribution in [1.82, 2.24) is 10.2 Å². The van der Waals surface area contributed by atoms with Gasteiger partial charge in [0.1, 0.15) is 5.75 Å². The molecule has 0 amide bonds. The zero-order chi connectivity index (χ0) is 19.1. The van der Waals surface area contributed by atoms with Gasteiger partial charge in [0.25, 0.3) is 0 Å². The molecular formula is C21H33N3O2S. The molecule has 5 nitrogen and oxygen atoms in total. The Morgan fingerprint density at radius 2 is 2.07 bits per heavy atom. The van der Waals surface area contributed by atoms with Gasteiger partial charge in [0, 0.05) is 56.3 Å². The van der Waals surface area contributed by atoms with Crippen LogP contribution in [0.1, 0.15) is 31.7 Å². The van der Waals surface area contributed by atoms with E-state index < -0.39 is 0 Å². The van der Waals surface area contributed by atoms with Gasteiger partial charge in [0.15, 0.2) is 5.96 Å². The van der Waals surface area contributed by atoms with E-state index in [0.717, 1.165) is 57.4 Å². The third kappa shape index (κ3) is 4.91. The highest BCUT2D eigenvalue weighted by Crippen LogP contribution is 2.35. The van der Waals surface area contributed by atoms with E-state index >= 15 is 0 Å². The third-order valence-corrected chi connectivity index (χ3v) is 7.21. The van der Waals surface area contributed by atoms with Crippen molar-refractivity contribution in [3.05, 3.63) is 29.8 Å². The van der Waals surface area contributed by atoms with Crippen LogP contribution >= 0.6 is 11.8 Å². The van der Waals surface area contributed by atoms with Crippen LogP contribution in [0.3, 0.4) is 0 Å². The maximum Gasteiger partial charge on any atom is 0.193 e. The molecule has 3 rings (SSSR count). The summed E-state index contributed by atoms with van der Waals surface area (Å²) in [6, 6.07) is 8.54. The Kier molecular flexibility index (Phi) is 7.30. The number of nitrogens with one attached hydrogen (secondary N) is 1. The van der Waals surface area contributed by atoms with Gasteiger partial charge in [-0.3, -0.25) is 4.99 Å². The van der Waals surface area contributed by atoms with Crippen LogP contribution in [0.2, 0.25) is 0 Å². The lowest BCUT2D eigenvalue weighted by atomic mass is 9.74. The minimum atomic E-state index is 0.0785. The summed E-state index contributed by atoms with van der Waals surface area (Å²) >= 11 is 2.09. The Morgan fingerprint density at radius 3 is 2.70 bits per heavy atom. The Hall–Kier alpha value is -1.40. The molecule has 27 heavy (non-hydrogen) atoms. The maximum atomic E-state index is 5.67.